The Labute approximate surface area is 126 Å². The number of nitrogens with zero attached hydrogens (tertiary/aromatic N) is 2. The van der Waals surface area contributed by atoms with Gasteiger partial charge in [0.2, 0.25) is 0 Å². The van der Waals surface area contributed by atoms with Gasteiger partial charge in [0.1, 0.15) is 0 Å². The van der Waals surface area contributed by atoms with E-state index in [1.165, 1.54) is 0 Å². The summed E-state index contributed by atoms with van der Waals surface area (Å²) in [5, 5.41) is 11.5. The number of aromatic nitrogens is 3. The molecule has 0 spiro atoms. The van der Waals surface area contributed by atoms with Gasteiger partial charge in [-0.3, -0.25) is 4.79 Å². The van der Waals surface area contributed by atoms with Crippen LogP contribution in [0.25, 0.3) is 10.9 Å². The third-order valence-electron chi connectivity index (χ3n) is 3.44. The number of hydrogen-bond donors (Lipinski definition) is 2. The van der Waals surface area contributed by atoms with Crippen LogP contribution in [0.5, 0.6) is 0 Å². The van der Waals surface area contributed by atoms with E-state index in [4.69, 9.17) is 11.6 Å². The molecule has 0 fully saturated rings. The second kappa shape index (κ2) is 5.18. The number of aryl methyl sites for hydroxylation is 2. The molecule has 0 radical (unpaired) electrons. The Morgan fingerprint density at radius 1 is 1.19 bits per heavy atom. The highest BCUT2D eigenvalue weighted by Crippen LogP contribution is 2.22. The molecular weight excluding hydrogens is 288 g/mol. The monoisotopic (exact) mass is 300 g/mol. The highest BCUT2D eigenvalue weighted by Gasteiger charge is 2.11. The highest BCUT2D eigenvalue weighted by atomic mass is 35.5. The summed E-state index contributed by atoms with van der Waals surface area (Å²) in [5.41, 5.74) is 3.84. The molecule has 2 heterocycles. The number of aromatic amines is 1. The van der Waals surface area contributed by atoms with E-state index in [1.54, 1.807) is 18.2 Å². The first-order valence-corrected chi connectivity index (χ1v) is 6.82. The fraction of sp³-hybridized carbons (Fsp3) is 0.133. The lowest BCUT2D eigenvalue weighted by atomic mass is 10.1. The Bertz CT molecular complexity index is 824. The maximum absolute atomic E-state index is 12.2. The summed E-state index contributed by atoms with van der Waals surface area (Å²) in [4.78, 5) is 15.5. The van der Waals surface area contributed by atoms with E-state index in [1.807, 2.05) is 26.0 Å². The first-order chi connectivity index (χ1) is 10.0. The van der Waals surface area contributed by atoms with Gasteiger partial charge in [-0.15, -0.1) is 10.2 Å². The number of nitrogens with one attached hydrogen (secondary N) is 2. The maximum atomic E-state index is 12.2. The molecule has 0 saturated heterocycles. The first kappa shape index (κ1) is 13.6. The van der Waals surface area contributed by atoms with Crippen LogP contribution < -0.4 is 5.32 Å². The third kappa shape index (κ3) is 2.60. The van der Waals surface area contributed by atoms with Gasteiger partial charge in [-0.05, 0) is 49.7 Å². The van der Waals surface area contributed by atoms with Crippen LogP contribution in [0.3, 0.4) is 0 Å². The van der Waals surface area contributed by atoms with Gasteiger partial charge in [0, 0.05) is 22.2 Å². The molecule has 106 valence electrons. The molecule has 0 aliphatic rings. The van der Waals surface area contributed by atoms with Crippen LogP contribution >= 0.6 is 11.6 Å². The van der Waals surface area contributed by atoms with Crippen LogP contribution in [0, 0.1) is 13.8 Å². The SMILES string of the molecule is Cc1[nH]c2ccc(C(=O)Nc3ccc(Cl)nn3)cc2c1C. The van der Waals surface area contributed by atoms with Crippen molar-refractivity contribution in [3.63, 3.8) is 0 Å². The largest absolute Gasteiger partial charge is 0.358 e. The minimum Gasteiger partial charge on any atom is -0.358 e. The summed E-state index contributed by atoms with van der Waals surface area (Å²) < 4.78 is 0. The summed E-state index contributed by atoms with van der Waals surface area (Å²) in [5.74, 6) is 0.137. The summed E-state index contributed by atoms with van der Waals surface area (Å²) in [6.07, 6.45) is 0. The second-order valence-corrected chi connectivity index (χ2v) is 5.22. The van der Waals surface area contributed by atoms with Crippen molar-refractivity contribution in [1.29, 1.82) is 0 Å². The number of amides is 1. The van der Waals surface area contributed by atoms with Gasteiger partial charge >= 0.3 is 0 Å². The summed E-state index contributed by atoms with van der Waals surface area (Å²) in [6.45, 7) is 4.04. The van der Waals surface area contributed by atoms with Crippen LogP contribution in [-0.4, -0.2) is 21.1 Å². The number of fused-ring (bicyclic) bond motifs is 1. The van der Waals surface area contributed by atoms with Gasteiger partial charge in [-0.25, -0.2) is 0 Å². The van der Waals surface area contributed by atoms with E-state index in [-0.39, 0.29) is 11.1 Å². The molecule has 0 aliphatic heterocycles. The van der Waals surface area contributed by atoms with Crippen LogP contribution in [0.2, 0.25) is 5.15 Å². The predicted molar refractivity (Wildman–Crippen MR) is 82.8 cm³/mol. The van der Waals surface area contributed by atoms with Gasteiger partial charge < -0.3 is 10.3 Å². The Morgan fingerprint density at radius 2 is 2.00 bits per heavy atom. The number of hydrogen-bond acceptors (Lipinski definition) is 3. The van der Waals surface area contributed by atoms with Gasteiger partial charge in [-0.2, -0.15) is 0 Å². The smallest absolute Gasteiger partial charge is 0.256 e. The number of carbonyl (C=O) groups is 1. The molecule has 2 aromatic heterocycles. The van der Waals surface area contributed by atoms with Crippen molar-refractivity contribution >= 4 is 34.2 Å². The lowest BCUT2D eigenvalue weighted by Gasteiger charge is -2.04. The molecule has 0 aliphatic carbocycles. The van der Waals surface area contributed by atoms with Crippen molar-refractivity contribution in [1.82, 2.24) is 15.2 Å². The standard InChI is InChI=1S/C15H13ClN4O/c1-8-9(2)17-12-4-3-10(7-11(8)12)15(21)18-14-6-5-13(16)19-20-14/h3-7,17H,1-2H3,(H,18,20,21). The number of anilines is 1. The first-order valence-electron chi connectivity index (χ1n) is 6.44. The van der Waals surface area contributed by atoms with E-state index < -0.39 is 0 Å². The van der Waals surface area contributed by atoms with Crippen molar-refractivity contribution in [2.45, 2.75) is 13.8 Å². The highest BCUT2D eigenvalue weighted by molar-refractivity contribution is 6.29. The maximum Gasteiger partial charge on any atom is 0.256 e. The Balaban J connectivity index is 1.90. The summed E-state index contributed by atoms with van der Waals surface area (Å²) in [6, 6.07) is 8.73. The normalized spacial score (nSPS) is 10.8. The third-order valence-corrected chi connectivity index (χ3v) is 3.65. The number of benzene rings is 1. The average Bonchev–Trinajstić information content (AvgIpc) is 2.76. The van der Waals surface area contributed by atoms with Crippen LogP contribution in [0.1, 0.15) is 21.6 Å². The fourth-order valence-corrected chi connectivity index (χ4v) is 2.27. The Hall–Kier alpha value is -2.40. The number of carbonyl (C=O) groups excluding carboxylic acids is 1. The van der Waals surface area contributed by atoms with Crippen molar-refractivity contribution in [3.05, 3.63) is 52.3 Å². The van der Waals surface area contributed by atoms with E-state index >= 15 is 0 Å². The van der Waals surface area contributed by atoms with Crippen LogP contribution in [-0.2, 0) is 0 Å². The average molecular weight is 301 g/mol. The van der Waals surface area contributed by atoms with Crippen LogP contribution in [0.15, 0.2) is 30.3 Å². The molecule has 3 rings (SSSR count). The predicted octanol–water partition coefficient (Wildman–Crippen LogP) is 3.48. The van der Waals surface area contributed by atoms with Crippen molar-refractivity contribution in [2.75, 3.05) is 5.32 Å². The van der Waals surface area contributed by atoms with Gasteiger partial charge in [0.15, 0.2) is 11.0 Å². The van der Waals surface area contributed by atoms with Crippen molar-refractivity contribution in [3.8, 4) is 0 Å². The number of rotatable bonds is 2. The molecule has 1 amide bonds. The van der Waals surface area contributed by atoms with Gasteiger partial charge in [0.05, 0.1) is 0 Å². The molecule has 5 nitrogen and oxygen atoms in total. The molecule has 1 aromatic carbocycles. The molecule has 0 bridgehead atoms. The summed E-state index contributed by atoms with van der Waals surface area (Å²) in [7, 11) is 0. The zero-order valence-electron chi connectivity index (χ0n) is 11.6. The quantitative estimate of drug-likeness (QED) is 0.761. The second-order valence-electron chi connectivity index (χ2n) is 4.83. The molecule has 6 heteroatoms. The number of halogens is 1. The van der Waals surface area contributed by atoms with Gasteiger partial charge in [0.25, 0.3) is 5.91 Å². The topological polar surface area (TPSA) is 70.7 Å². The molecule has 0 saturated carbocycles. The minimum atomic E-state index is -0.230. The van der Waals surface area contributed by atoms with E-state index in [2.05, 4.69) is 20.5 Å². The number of H-pyrrole nitrogens is 1. The lowest BCUT2D eigenvalue weighted by molar-refractivity contribution is 0.102. The van der Waals surface area contributed by atoms with Crippen molar-refractivity contribution in [2.24, 2.45) is 0 Å². The molecule has 0 atom stereocenters. The van der Waals surface area contributed by atoms with Crippen molar-refractivity contribution < 1.29 is 4.79 Å². The van der Waals surface area contributed by atoms with E-state index in [9.17, 15) is 4.79 Å². The van der Waals surface area contributed by atoms with Crippen LogP contribution in [0.4, 0.5) is 5.82 Å². The van der Waals surface area contributed by atoms with E-state index in [0.29, 0.717) is 11.4 Å². The molecule has 2 N–H and O–H groups in total. The zero-order chi connectivity index (χ0) is 15.0. The molecular formula is C15H13ClN4O. The molecule has 3 aromatic rings. The Morgan fingerprint density at radius 3 is 2.71 bits per heavy atom. The lowest BCUT2D eigenvalue weighted by Crippen LogP contribution is -2.13. The summed E-state index contributed by atoms with van der Waals surface area (Å²) >= 11 is 5.66. The fourth-order valence-electron chi connectivity index (χ4n) is 2.17. The Kier molecular flexibility index (Phi) is 3.35. The zero-order valence-corrected chi connectivity index (χ0v) is 12.3. The van der Waals surface area contributed by atoms with Gasteiger partial charge in [-0.1, -0.05) is 11.6 Å². The molecule has 0 unspecified atom stereocenters. The van der Waals surface area contributed by atoms with E-state index in [0.717, 1.165) is 22.2 Å². The molecule has 21 heavy (non-hydrogen) atoms. The minimum absolute atomic E-state index is 0.230.